The van der Waals surface area contributed by atoms with Crippen LogP contribution in [0, 0.1) is 0 Å². The number of ether oxygens (including phenoxy) is 1. The molecule has 1 aromatic carbocycles. The first kappa shape index (κ1) is 16.7. The van der Waals surface area contributed by atoms with E-state index in [4.69, 9.17) is 17.0 Å². The fraction of sp³-hybridized carbons (Fsp3) is 0.529. The van der Waals surface area contributed by atoms with E-state index in [-0.39, 0.29) is 11.1 Å². The maximum atomic E-state index is 12.3. The van der Waals surface area contributed by atoms with E-state index in [1.807, 2.05) is 51.1 Å². The highest BCUT2D eigenvalue weighted by Crippen LogP contribution is 2.35. The second-order valence-electron chi connectivity index (χ2n) is 6.76. The number of nitrogens with zero attached hydrogens (tertiary/aromatic N) is 1. The van der Waals surface area contributed by atoms with Crippen LogP contribution in [0.4, 0.5) is 4.79 Å². The fourth-order valence-corrected chi connectivity index (χ4v) is 3.11. The number of likely N-dealkylation sites (tertiary alicyclic amines) is 1. The van der Waals surface area contributed by atoms with Crippen LogP contribution in [0.25, 0.3) is 0 Å². The number of hydrogen-bond acceptors (Lipinski definition) is 3. The third kappa shape index (κ3) is 3.58. The Hall–Kier alpha value is -1.62. The van der Waals surface area contributed by atoms with E-state index in [0.717, 1.165) is 18.4 Å². The molecule has 1 heterocycles. The van der Waals surface area contributed by atoms with Crippen LogP contribution in [-0.2, 0) is 10.2 Å². The number of thiocarbonyl (C=S) groups is 1. The quantitative estimate of drug-likeness (QED) is 0.841. The van der Waals surface area contributed by atoms with Crippen LogP contribution in [0.3, 0.4) is 0 Å². The molecule has 0 radical (unpaired) electrons. The second kappa shape index (κ2) is 6.24. The summed E-state index contributed by atoms with van der Waals surface area (Å²) in [6.45, 7) is 6.50. The lowest BCUT2D eigenvalue weighted by atomic mass is 9.74. The summed E-state index contributed by atoms with van der Waals surface area (Å²) in [4.78, 5) is 14.0. The molecule has 0 aromatic heterocycles. The molecule has 2 rings (SSSR count). The van der Waals surface area contributed by atoms with Gasteiger partial charge >= 0.3 is 6.09 Å². The lowest BCUT2D eigenvalue weighted by Crippen LogP contribution is -2.53. The highest BCUT2D eigenvalue weighted by atomic mass is 32.1. The summed E-state index contributed by atoms with van der Waals surface area (Å²) in [5, 5.41) is 10.1. The lowest BCUT2D eigenvalue weighted by Gasteiger charge is -2.42. The van der Waals surface area contributed by atoms with Crippen LogP contribution in [-0.4, -0.2) is 39.8 Å². The molecule has 120 valence electrons. The predicted molar refractivity (Wildman–Crippen MR) is 90.4 cm³/mol. The van der Waals surface area contributed by atoms with Crippen molar-refractivity contribution in [1.29, 1.82) is 0 Å². The molecule has 0 bridgehead atoms. The molecule has 1 saturated heterocycles. The van der Waals surface area contributed by atoms with Crippen LogP contribution in [0.15, 0.2) is 30.3 Å². The number of rotatable bonds is 2. The van der Waals surface area contributed by atoms with Gasteiger partial charge in [0.15, 0.2) is 5.05 Å². The van der Waals surface area contributed by atoms with Crippen molar-refractivity contribution in [3.63, 3.8) is 0 Å². The van der Waals surface area contributed by atoms with Gasteiger partial charge in [0.2, 0.25) is 0 Å². The van der Waals surface area contributed by atoms with Gasteiger partial charge in [-0.25, -0.2) is 4.79 Å². The Morgan fingerprint density at radius 1 is 1.32 bits per heavy atom. The standard InChI is InChI=1S/C17H23NO3S/c1-16(2,3)21-15(20)18-11-7-10-17(12-18,14(19)22)13-8-5-4-6-9-13/h4-6,8-9H,7,10-12H2,1-3H3,(H,19,22). The number of carbonyl (C=O) groups is 1. The Bertz CT molecular complexity index is 553. The van der Waals surface area contributed by atoms with Gasteiger partial charge < -0.3 is 14.7 Å². The van der Waals surface area contributed by atoms with Gasteiger partial charge in [-0.3, -0.25) is 0 Å². The Morgan fingerprint density at radius 3 is 2.50 bits per heavy atom. The SMILES string of the molecule is CC(C)(C)OC(=O)N1CCCC(C(O)=S)(c2ccccc2)C1. The van der Waals surface area contributed by atoms with Crippen molar-refractivity contribution < 1.29 is 14.6 Å². The van der Waals surface area contributed by atoms with Crippen molar-refractivity contribution in [1.82, 2.24) is 4.90 Å². The van der Waals surface area contributed by atoms with Crippen molar-refractivity contribution in [3.05, 3.63) is 35.9 Å². The third-order valence-electron chi connectivity index (χ3n) is 3.88. The zero-order chi connectivity index (χ0) is 16.4. The molecule has 1 aliphatic rings. The van der Waals surface area contributed by atoms with Crippen molar-refractivity contribution in [2.45, 2.75) is 44.6 Å². The summed E-state index contributed by atoms with van der Waals surface area (Å²) in [5.74, 6) is 0. The normalized spacial score (nSPS) is 22.2. The number of aliphatic hydroxyl groups is 1. The zero-order valence-electron chi connectivity index (χ0n) is 13.3. The van der Waals surface area contributed by atoms with Crippen molar-refractivity contribution in [3.8, 4) is 0 Å². The second-order valence-corrected chi connectivity index (χ2v) is 7.15. The average Bonchev–Trinajstić information content (AvgIpc) is 2.46. The topological polar surface area (TPSA) is 49.8 Å². The van der Waals surface area contributed by atoms with Gasteiger partial charge in [-0.05, 0) is 51.4 Å². The van der Waals surface area contributed by atoms with E-state index in [1.54, 1.807) is 4.90 Å². The molecule has 1 aliphatic heterocycles. The van der Waals surface area contributed by atoms with Crippen molar-refractivity contribution in [2.75, 3.05) is 13.1 Å². The highest BCUT2D eigenvalue weighted by Gasteiger charge is 2.43. The summed E-state index contributed by atoms with van der Waals surface area (Å²) < 4.78 is 5.45. The van der Waals surface area contributed by atoms with E-state index < -0.39 is 11.0 Å². The highest BCUT2D eigenvalue weighted by molar-refractivity contribution is 7.80. The summed E-state index contributed by atoms with van der Waals surface area (Å²) in [6, 6.07) is 9.65. The molecule has 0 saturated carbocycles. The minimum atomic E-state index is -0.689. The molecule has 5 heteroatoms. The number of benzene rings is 1. The first-order valence-electron chi connectivity index (χ1n) is 7.51. The van der Waals surface area contributed by atoms with Crippen LogP contribution in [0.1, 0.15) is 39.2 Å². The molecule has 1 atom stereocenters. The van der Waals surface area contributed by atoms with Gasteiger partial charge in [0.1, 0.15) is 5.60 Å². The first-order valence-corrected chi connectivity index (χ1v) is 7.92. The molecule has 0 spiro atoms. The molecule has 1 aromatic rings. The molecular weight excluding hydrogens is 298 g/mol. The van der Waals surface area contributed by atoms with E-state index in [2.05, 4.69) is 0 Å². The van der Waals surface area contributed by atoms with Crippen LogP contribution in [0.5, 0.6) is 0 Å². The molecule has 1 amide bonds. The smallest absolute Gasteiger partial charge is 0.410 e. The van der Waals surface area contributed by atoms with Crippen LogP contribution < -0.4 is 0 Å². The molecule has 1 N–H and O–H groups in total. The third-order valence-corrected chi connectivity index (χ3v) is 4.27. The minimum absolute atomic E-state index is 0.0630. The summed E-state index contributed by atoms with van der Waals surface area (Å²) in [5.41, 5.74) is -0.286. The van der Waals surface area contributed by atoms with Crippen molar-refractivity contribution in [2.24, 2.45) is 0 Å². The van der Waals surface area contributed by atoms with Gasteiger partial charge in [-0.1, -0.05) is 30.3 Å². The maximum Gasteiger partial charge on any atom is 0.410 e. The number of amides is 1. The summed E-state index contributed by atoms with van der Waals surface area (Å²) in [6.07, 6.45) is 1.14. The van der Waals surface area contributed by atoms with E-state index in [0.29, 0.717) is 13.1 Å². The Kier molecular flexibility index (Phi) is 4.75. The lowest BCUT2D eigenvalue weighted by molar-refractivity contribution is 0.0168. The predicted octanol–water partition coefficient (Wildman–Crippen LogP) is 3.84. The maximum absolute atomic E-state index is 12.3. The zero-order valence-corrected chi connectivity index (χ0v) is 14.2. The van der Waals surface area contributed by atoms with Gasteiger partial charge in [0, 0.05) is 13.1 Å². The molecule has 1 unspecified atom stereocenters. The first-order chi connectivity index (χ1) is 10.2. The molecular formula is C17H23NO3S. The van der Waals surface area contributed by atoms with Gasteiger partial charge in [0.05, 0.1) is 5.41 Å². The largest absolute Gasteiger partial charge is 0.501 e. The Labute approximate surface area is 137 Å². The molecule has 22 heavy (non-hydrogen) atoms. The Balaban J connectivity index is 2.26. The van der Waals surface area contributed by atoms with E-state index in [9.17, 15) is 9.90 Å². The van der Waals surface area contributed by atoms with Crippen LogP contribution >= 0.6 is 12.2 Å². The van der Waals surface area contributed by atoms with Crippen LogP contribution in [0.2, 0.25) is 0 Å². The molecule has 1 fully saturated rings. The number of aliphatic hydroxyl groups excluding tert-OH is 1. The van der Waals surface area contributed by atoms with Gasteiger partial charge in [0.25, 0.3) is 0 Å². The molecule has 4 nitrogen and oxygen atoms in total. The number of piperidine rings is 1. The summed E-state index contributed by atoms with van der Waals surface area (Å²) in [7, 11) is 0. The fourth-order valence-electron chi connectivity index (χ4n) is 2.83. The van der Waals surface area contributed by atoms with E-state index >= 15 is 0 Å². The number of carbonyl (C=O) groups excluding carboxylic acids is 1. The van der Waals surface area contributed by atoms with Gasteiger partial charge in [-0.2, -0.15) is 0 Å². The monoisotopic (exact) mass is 321 g/mol. The minimum Gasteiger partial charge on any atom is -0.501 e. The average molecular weight is 321 g/mol. The Morgan fingerprint density at radius 2 is 1.95 bits per heavy atom. The van der Waals surface area contributed by atoms with E-state index in [1.165, 1.54) is 0 Å². The van der Waals surface area contributed by atoms with Gasteiger partial charge in [-0.15, -0.1) is 0 Å². The van der Waals surface area contributed by atoms with Crippen molar-refractivity contribution >= 4 is 23.4 Å². The summed E-state index contributed by atoms with van der Waals surface area (Å²) >= 11 is 5.14. The molecule has 0 aliphatic carbocycles. The number of hydrogen-bond donors (Lipinski definition) is 1.